The van der Waals surface area contributed by atoms with Gasteiger partial charge < -0.3 is 14.4 Å². The van der Waals surface area contributed by atoms with Crippen molar-refractivity contribution >= 4 is 11.9 Å². The molecule has 0 unspecified atom stereocenters. The topological polar surface area (TPSA) is 68.7 Å². The van der Waals surface area contributed by atoms with Gasteiger partial charge in [0.2, 0.25) is 5.88 Å². The third-order valence-electron chi connectivity index (χ3n) is 4.80. The number of carbonyl (C=O) groups excluding carboxylic acids is 2. The maximum atomic E-state index is 12.9. The van der Waals surface area contributed by atoms with Crippen LogP contribution in [0.5, 0.6) is 5.88 Å². The van der Waals surface area contributed by atoms with Crippen LogP contribution in [-0.2, 0) is 11.2 Å². The molecule has 1 fully saturated rings. The molecule has 130 valence electrons. The molecule has 1 aliphatic carbocycles. The Hall–Kier alpha value is -2.11. The molecule has 0 N–H and O–H groups in total. The number of hydrogen-bond acceptors (Lipinski definition) is 5. The summed E-state index contributed by atoms with van der Waals surface area (Å²) in [5.74, 6) is 0.618. The SMILES string of the molecule is COc1cc2c(cn1)CC1(CCN(C(=O)OC(C)(C)C)CC1)C2=O. The number of piperidine rings is 1. The van der Waals surface area contributed by atoms with Crippen molar-refractivity contribution < 1.29 is 19.1 Å². The second kappa shape index (κ2) is 5.76. The molecule has 6 heteroatoms. The van der Waals surface area contributed by atoms with E-state index in [9.17, 15) is 9.59 Å². The smallest absolute Gasteiger partial charge is 0.410 e. The number of likely N-dealkylation sites (tertiary alicyclic amines) is 1. The zero-order chi connectivity index (χ0) is 17.5. The fraction of sp³-hybridized carbons (Fsp3) is 0.611. The summed E-state index contributed by atoms with van der Waals surface area (Å²) in [7, 11) is 1.54. The van der Waals surface area contributed by atoms with Gasteiger partial charge in [-0.1, -0.05) is 0 Å². The summed E-state index contributed by atoms with van der Waals surface area (Å²) in [6.45, 7) is 6.65. The molecule has 0 aromatic carbocycles. The number of fused-ring (bicyclic) bond motifs is 1. The largest absolute Gasteiger partial charge is 0.481 e. The van der Waals surface area contributed by atoms with Gasteiger partial charge in [0.1, 0.15) is 5.60 Å². The number of aromatic nitrogens is 1. The van der Waals surface area contributed by atoms with Crippen molar-refractivity contribution in [3.63, 3.8) is 0 Å². The third kappa shape index (κ3) is 2.97. The molecule has 6 nitrogen and oxygen atoms in total. The molecular weight excluding hydrogens is 308 g/mol. The minimum Gasteiger partial charge on any atom is -0.481 e. The molecule has 1 aromatic rings. The van der Waals surface area contributed by atoms with Crippen LogP contribution in [0.25, 0.3) is 0 Å². The molecule has 1 aromatic heterocycles. The van der Waals surface area contributed by atoms with Crippen LogP contribution in [0.2, 0.25) is 0 Å². The Morgan fingerprint density at radius 1 is 1.29 bits per heavy atom. The number of pyridine rings is 1. The summed E-state index contributed by atoms with van der Waals surface area (Å²) in [5, 5.41) is 0. The van der Waals surface area contributed by atoms with Crippen molar-refractivity contribution in [3.8, 4) is 5.88 Å². The number of ether oxygens (including phenoxy) is 2. The molecule has 0 atom stereocenters. The maximum Gasteiger partial charge on any atom is 0.410 e. The number of methoxy groups -OCH3 is 1. The van der Waals surface area contributed by atoms with E-state index in [0.29, 0.717) is 43.8 Å². The molecule has 1 saturated heterocycles. The molecule has 2 aliphatic rings. The standard InChI is InChI=1S/C18H24N2O4/c1-17(2,3)24-16(22)20-7-5-18(6-8-20)10-12-11-19-14(23-4)9-13(12)15(18)21/h9,11H,5-8,10H2,1-4H3. The predicted molar refractivity (Wildman–Crippen MR) is 88.3 cm³/mol. The van der Waals surface area contributed by atoms with Crippen LogP contribution >= 0.6 is 0 Å². The van der Waals surface area contributed by atoms with Gasteiger partial charge >= 0.3 is 6.09 Å². The van der Waals surface area contributed by atoms with Crippen LogP contribution < -0.4 is 4.74 Å². The molecule has 0 bridgehead atoms. The van der Waals surface area contributed by atoms with Crippen LogP contribution in [0, 0.1) is 5.41 Å². The van der Waals surface area contributed by atoms with Crippen molar-refractivity contribution in [3.05, 3.63) is 23.4 Å². The molecule has 2 heterocycles. The van der Waals surface area contributed by atoms with Crippen molar-refractivity contribution in [1.29, 1.82) is 0 Å². The summed E-state index contributed by atoms with van der Waals surface area (Å²) in [5.41, 5.74) is 0.780. The quantitative estimate of drug-likeness (QED) is 0.791. The van der Waals surface area contributed by atoms with Gasteiger partial charge in [-0.25, -0.2) is 9.78 Å². The molecule has 24 heavy (non-hydrogen) atoms. The molecule has 0 saturated carbocycles. The second-order valence-corrected chi connectivity index (χ2v) is 7.64. The summed E-state index contributed by atoms with van der Waals surface area (Å²) < 4.78 is 10.5. The first kappa shape index (κ1) is 16.7. The maximum absolute atomic E-state index is 12.9. The summed E-state index contributed by atoms with van der Waals surface area (Å²) >= 11 is 0. The van der Waals surface area contributed by atoms with E-state index >= 15 is 0 Å². The van der Waals surface area contributed by atoms with Crippen molar-refractivity contribution in [1.82, 2.24) is 9.88 Å². The van der Waals surface area contributed by atoms with Crippen molar-refractivity contribution in [2.24, 2.45) is 5.41 Å². The number of Topliss-reactive ketones (excluding diaryl/α,β-unsaturated/α-hetero) is 1. The van der Waals surface area contributed by atoms with E-state index in [2.05, 4.69) is 4.98 Å². The van der Waals surface area contributed by atoms with Gasteiger partial charge in [0, 0.05) is 36.3 Å². The van der Waals surface area contributed by atoms with Gasteiger partial charge in [-0.3, -0.25) is 4.79 Å². The summed E-state index contributed by atoms with van der Waals surface area (Å²) in [6, 6.07) is 1.73. The zero-order valence-electron chi connectivity index (χ0n) is 14.7. The number of carbonyl (C=O) groups is 2. The lowest BCUT2D eigenvalue weighted by atomic mass is 9.75. The Bertz CT molecular complexity index is 670. The number of nitrogens with zero attached hydrogens (tertiary/aromatic N) is 2. The van der Waals surface area contributed by atoms with E-state index in [0.717, 1.165) is 5.56 Å². The van der Waals surface area contributed by atoms with Gasteiger partial charge in [-0.05, 0) is 45.6 Å². The highest BCUT2D eigenvalue weighted by atomic mass is 16.6. The Morgan fingerprint density at radius 3 is 2.54 bits per heavy atom. The normalized spacial score (nSPS) is 19.3. The predicted octanol–water partition coefficient (Wildman–Crippen LogP) is 2.85. The average Bonchev–Trinajstić information content (AvgIpc) is 2.78. The van der Waals surface area contributed by atoms with E-state index in [1.165, 1.54) is 0 Å². The highest BCUT2D eigenvalue weighted by Gasteiger charge is 2.48. The second-order valence-electron chi connectivity index (χ2n) is 7.64. The van der Waals surface area contributed by atoms with Gasteiger partial charge in [0.15, 0.2) is 5.78 Å². The average molecular weight is 332 g/mol. The van der Waals surface area contributed by atoms with E-state index in [-0.39, 0.29) is 11.9 Å². The summed E-state index contributed by atoms with van der Waals surface area (Å²) in [4.78, 5) is 31.0. The van der Waals surface area contributed by atoms with Gasteiger partial charge in [0.05, 0.1) is 7.11 Å². The zero-order valence-corrected chi connectivity index (χ0v) is 14.7. The van der Waals surface area contributed by atoms with E-state index < -0.39 is 11.0 Å². The van der Waals surface area contributed by atoms with Crippen LogP contribution in [0.1, 0.15) is 49.5 Å². The highest BCUT2D eigenvalue weighted by molar-refractivity contribution is 6.05. The molecule has 0 radical (unpaired) electrons. The lowest BCUT2D eigenvalue weighted by Gasteiger charge is -2.38. The summed E-state index contributed by atoms with van der Waals surface area (Å²) in [6.07, 6.45) is 3.44. The van der Waals surface area contributed by atoms with Gasteiger partial charge in [-0.15, -0.1) is 0 Å². The minimum atomic E-state index is -0.506. The lowest BCUT2D eigenvalue weighted by molar-refractivity contribution is 0.0114. The molecule has 3 rings (SSSR count). The fourth-order valence-electron chi connectivity index (χ4n) is 3.51. The molecule has 1 aliphatic heterocycles. The monoisotopic (exact) mass is 332 g/mol. The van der Waals surface area contributed by atoms with E-state index in [1.807, 2.05) is 20.8 Å². The van der Waals surface area contributed by atoms with Crippen molar-refractivity contribution in [2.75, 3.05) is 20.2 Å². The van der Waals surface area contributed by atoms with Crippen LogP contribution in [0.3, 0.4) is 0 Å². The Kier molecular flexibility index (Phi) is 4.01. The van der Waals surface area contributed by atoms with Gasteiger partial charge in [0.25, 0.3) is 0 Å². The number of ketones is 1. The first-order valence-electron chi connectivity index (χ1n) is 8.30. The Morgan fingerprint density at radius 2 is 1.96 bits per heavy atom. The first-order chi connectivity index (χ1) is 11.2. The van der Waals surface area contributed by atoms with Gasteiger partial charge in [-0.2, -0.15) is 0 Å². The van der Waals surface area contributed by atoms with E-state index in [4.69, 9.17) is 9.47 Å². The number of rotatable bonds is 1. The van der Waals surface area contributed by atoms with Crippen LogP contribution in [0.15, 0.2) is 12.3 Å². The third-order valence-corrected chi connectivity index (χ3v) is 4.80. The first-order valence-corrected chi connectivity index (χ1v) is 8.30. The number of hydrogen-bond donors (Lipinski definition) is 0. The molecular formula is C18H24N2O4. The fourth-order valence-corrected chi connectivity index (χ4v) is 3.51. The number of amides is 1. The Balaban J connectivity index is 1.70. The lowest BCUT2D eigenvalue weighted by Crippen LogP contribution is -2.47. The van der Waals surface area contributed by atoms with Crippen molar-refractivity contribution in [2.45, 2.75) is 45.6 Å². The van der Waals surface area contributed by atoms with E-state index in [1.54, 1.807) is 24.3 Å². The highest BCUT2D eigenvalue weighted by Crippen LogP contribution is 2.45. The Labute approximate surface area is 142 Å². The van der Waals surface area contributed by atoms with Crippen LogP contribution in [-0.4, -0.2) is 47.6 Å². The van der Waals surface area contributed by atoms with Crippen LogP contribution in [0.4, 0.5) is 4.79 Å². The minimum absolute atomic E-state index is 0.155. The molecule has 1 amide bonds. The molecule has 1 spiro atoms.